The zero-order valence-corrected chi connectivity index (χ0v) is 9.56. The summed E-state index contributed by atoms with van der Waals surface area (Å²) < 4.78 is 9.97. The molecule has 17 heavy (non-hydrogen) atoms. The van der Waals surface area contributed by atoms with E-state index in [9.17, 15) is 14.9 Å². The summed E-state index contributed by atoms with van der Waals surface area (Å²) in [5, 5.41) is 9.21. The predicted molar refractivity (Wildman–Crippen MR) is 56.4 cm³/mol. The maximum absolute atomic E-state index is 11.9. The van der Waals surface area contributed by atoms with Crippen molar-refractivity contribution in [3.05, 3.63) is 12.7 Å². The molecule has 2 rings (SSSR count). The van der Waals surface area contributed by atoms with Crippen LogP contribution in [0.1, 0.15) is 19.8 Å². The average molecular weight is 235 g/mol. The van der Waals surface area contributed by atoms with E-state index in [4.69, 9.17) is 9.47 Å². The van der Waals surface area contributed by atoms with Crippen molar-refractivity contribution in [1.29, 1.82) is 5.26 Å². The minimum Gasteiger partial charge on any atom is -0.460 e. The molecule has 0 aromatic heterocycles. The van der Waals surface area contributed by atoms with Gasteiger partial charge in [-0.1, -0.05) is 12.7 Å². The monoisotopic (exact) mass is 235 g/mol. The van der Waals surface area contributed by atoms with Gasteiger partial charge < -0.3 is 9.47 Å². The van der Waals surface area contributed by atoms with Gasteiger partial charge in [0, 0.05) is 6.42 Å². The first kappa shape index (κ1) is 11.6. The molecule has 0 aromatic rings. The largest absolute Gasteiger partial charge is 0.460 e. The predicted octanol–water partition coefficient (Wildman–Crippen LogP) is 0.951. The lowest BCUT2D eigenvalue weighted by Gasteiger charge is -2.39. The lowest BCUT2D eigenvalue weighted by Crippen LogP contribution is -2.51. The summed E-state index contributed by atoms with van der Waals surface area (Å²) in [4.78, 5) is 23.1. The van der Waals surface area contributed by atoms with Gasteiger partial charge in [-0.2, -0.15) is 5.26 Å². The summed E-state index contributed by atoms with van der Waals surface area (Å²) in [7, 11) is 0. The minimum atomic E-state index is -1.26. The van der Waals surface area contributed by atoms with E-state index in [1.807, 2.05) is 6.07 Å². The molecule has 0 radical (unpaired) electrons. The third-order valence-corrected chi connectivity index (χ3v) is 3.50. The van der Waals surface area contributed by atoms with E-state index >= 15 is 0 Å². The second kappa shape index (κ2) is 3.59. The second-order valence-electron chi connectivity index (χ2n) is 4.75. The molecule has 5 heteroatoms. The molecule has 90 valence electrons. The van der Waals surface area contributed by atoms with Gasteiger partial charge >= 0.3 is 11.9 Å². The van der Waals surface area contributed by atoms with Crippen LogP contribution in [0.15, 0.2) is 12.7 Å². The Hall–Kier alpha value is -1.83. The number of fused-ring (bicyclic) bond motifs is 1. The molecule has 0 aromatic carbocycles. The van der Waals surface area contributed by atoms with Gasteiger partial charge in [0.1, 0.15) is 12.2 Å². The molecule has 1 aliphatic heterocycles. The molecule has 1 saturated carbocycles. The normalized spacial score (nSPS) is 38.4. The Balaban J connectivity index is 2.18. The fourth-order valence-corrected chi connectivity index (χ4v) is 2.60. The molecular formula is C12H13NO4. The van der Waals surface area contributed by atoms with Gasteiger partial charge in [0.15, 0.2) is 5.41 Å². The van der Waals surface area contributed by atoms with Crippen molar-refractivity contribution in [3.63, 3.8) is 0 Å². The molecule has 3 atom stereocenters. The van der Waals surface area contributed by atoms with Crippen LogP contribution >= 0.6 is 0 Å². The first-order chi connectivity index (χ1) is 7.97. The standard InChI is InChI=1S/C12H13NO4/c1-3-4-16-10(15)12(7-13)5-8-9(14)17-11(8,2)6-12/h3,8H,1,4-6H2,2H3/t8-,11-,12?/m1/s1. The molecule has 2 fully saturated rings. The molecule has 0 bridgehead atoms. The van der Waals surface area contributed by atoms with Gasteiger partial charge in [-0.05, 0) is 13.3 Å². The van der Waals surface area contributed by atoms with Gasteiger partial charge in [-0.3, -0.25) is 9.59 Å². The molecular weight excluding hydrogens is 222 g/mol. The summed E-state index contributed by atoms with van der Waals surface area (Å²) >= 11 is 0. The Morgan fingerprint density at radius 3 is 3.00 bits per heavy atom. The van der Waals surface area contributed by atoms with E-state index in [0.29, 0.717) is 0 Å². The molecule has 0 spiro atoms. The summed E-state index contributed by atoms with van der Waals surface area (Å²) in [5.41, 5.74) is -1.94. The summed E-state index contributed by atoms with van der Waals surface area (Å²) in [6.07, 6.45) is 1.84. The van der Waals surface area contributed by atoms with Crippen molar-refractivity contribution in [2.45, 2.75) is 25.4 Å². The number of nitriles is 1. The maximum atomic E-state index is 11.9. The van der Waals surface area contributed by atoms with Gasteiger partial charge in [0.2, 0.25) is 0 Å². The summed E-state index contributed by atoms with van der Waals surface area (Å²) in [6, 6.07) is 1.99. The van der Waals surface area contributed by atoms with Crippen LogP contribution < -0.4 is 0 Å². The van der Waals surface area contributed by atoms with Gasteiger partial charge in [-0.15, -0.1) is 0 Å². The number of carbonyl (C=O) groups is 2. The fraction of sp³-hybridized carbons (Fsp3) is 0.583. The molecule has 2 aliphatic rings. The maximum Gasteiger partial charge on any atom is 0.326 e. The van der Waals surface area contributed by atoms with E-state index in [2.05, 4.69) is 6.58 Å². The van der Waals surface area contributed by atoms with Crippen molar-refractivity contribution in [2.75, 3.05) is 6.61 Å². The number of nitrogens with zero attached hydrogens (tertiary/aromatic N) is 1. The number of hydrogen-bond donors (Lipinski definition) is 0. The van der Waals surface area contributed by atoms with E-state index in [-0.39, 0.29) is 31.3 Å². The van der Waals surface area contributed by atoms with Crippen LogP contribution in [0.25, 0.3) is 0 Å². The van der Waals surface area contributed by atoms with Gasteiger partial charge in [0.05, 0.1) is 12.0 Å². The highest BCUT2D eigenvalue weighted by molar-refractivity contribution is 5.87. The summed E-state index contributed by atoms with van der Waals surface area (Å²) in [5.74, 6) is -1.29. The highest BCUT2D eigenvalue weighted by Gasteiger charge is 2.67. The van der Waals surface area contributed by atoms with Crippen LogP contribution in [-0.4, -0.2) is 24.1 Å². The molecule has 0 amide bonds. The molecule has 5 nitrogen and oxygen atoms in total. The zero-order chi connectivity index (χ0) is 12.7. The highest BCUT2D eigenvalue weighted by atomic mass is 16.6. The third kappa shape index (κ3) is 1.52. The lowest BCUT2D eigenvalue weighted by molar-refractivity contribution is -0.202. The van der Waals surface area contributed by atoms with E-state index in [1.165, 1.54) is 6.08 Å². The van der Waals surface area contributed by atoms with E-state index in [1.54, 1.807) is 6.92 Å². The SMILES string of the molecule is C=CCOC(=O)C1(C#N)C[C@@H]2C(=O)O[C@]2(C)C1. The van der Waals surface area contributed by atoms with Crippen LogP contribution in [0.2, 0.25) is 0 Å². The Labute approximate surface area is 99.0 Å². The minimum absolute atomic E-state index is 0.0679. The smallest absolute Gasteiger partial charge is 0.326 e. The van der Waals surface area contributed by atoms with Crippen LogP contribution in [0.4, 0.5) is 0 Å². The first-order valence-corrected chi connectivity index (χ1v) is 5.40. The number of carbonyl (C=O) groups excluding carboxylic acids is 2. The molecule has 1 unspecified atom stereocenters. The van der Waals surface area contributed by atoms with E-state index in [0.717, 1.165) is 0 Å². The topological polar surface area (TPSA) is 76.4 Å². The van der Waals surface area contributed by atoms with Crippen LogP contribution in [0.3, 0.4) is 0 Å². The Kier molecular flexibility index (Phi) is 2.46. The zero-order valence-electron chi connectivity index (χ0n) is 9.56. The van der Waals surface area contributed by atoms with Crippen molar-refractivity contribution in [3.8, 4) is 6.07 Å². The van der Waals surface area contributed by atoms with Crippen LogP contribution in [-0.2, 0) is 19.1 Å². The highest BCUT2D eigenvalue weighted by Crippen LogP contribution is 2.56. The fourth-order valence-electron chi connectivity index (χ4n) is 2.60. The molecule has 1 saturated heterocycles. The quantitative estimate of drug-likeness (QED) is 0.537. The Bertz CT molecular complexity index is 438. The lowest BCUT2D eigenvalue weighted by atomic mass is 9.86. The number of ether oxygens (including phenoxy) is 2. The number of hydrogen-bond acceptors (Lipinski definition) is 5. The van der Waals surface area contributed by atoms with Crippen molar-refractivity contribution >= 4 is 11.9 Å². The van der Waals surface area contributed by atoms with Crippen molar-refractivity contribution < 1.29 is 19.1 Å². The Morgan fingerprint density at radius 1 is 1.82 bits per heavy atom. The number of esters is 2. The van der Waals surface area contributed by atoms with Crippen molar-refractivity contribution in [2.24, 2.45) is 11.3 Å². The van der Waals surface area contributed by atoms with Crippen molar-refractivity contribution in [1.82, 2.24) is 0 Å². The Morgan fingerprint density at radius 2 is 2.53 bits per heavy atom. The third-order valence-electron chi connectivity index (χ3n) is 3.50. The second-order valence-corrected chi connectivity index (χ2v) is 4.75. The molecule has 1 aliphatic carbocycles. The number of rotatable bonds is 3. The van der Waals surface area contributed by atoms with Crippen LogP contribution in [0.5, 0.6) is 0 Å². The van der Waals surface area contributed by atoms with Gasteiger partial charge in [-0.25, -0.2) is 0 Å². The van der Waals surface area contributed by atoms with Crippen LogP contribution in [0, 0.1) is 22.7 Å². The van der Waals surface area contributed by atoms with E-state index < -0.39 is 17.0 Å². The molecule has 0 N–H and O–H groups in total. The summed E-state index contributed by atoms with van der Waals surface area (Å²) in [6.45, 7) is 5.25. The molecule has 1 heterocycles. The average Bonchev–Trinajstić information content (AvgIpc) is 2.55. The first-order valence-electron chi connectivity index (χ1n) is 5.40. The van der Waals surface area contributed by atoms with Gasteiger partial charge in [0.25, 0.3) is 0 Å².